The van der Waals surface area contributed by atoms with Gasteiger partial charge >= 0.3 is 6.18 Å². The number of halogens is 3. The quantitative estimate of drug-likeness (QED) is 0.585. The number of hydrogen-bond donors (Lipinski definition) is 1. The Labute approximate surface area is 196 Å². The highest BCUT2D eigenvalue weighted by atomic mass is 19.4. The molecule has 0 bridgehead atoms. The fourth-order valence-electron chi connectivity index (χ4n) is 4.32. The smallest absolute Gasteiger partial charge is 0.367 e. The highest BCUT2D eigenvalue weighted by Gasteiger charge is 2.34. The van der Waals surface area contributed by atoms with Crippen LogP contribution in [0.3, 0.4) is 0 Å². The van der Waals surface area contributed by atoms with Crippen molar-refractivity contribution in [2.24, 2.45) is 5.92 Å². The number of piperidine rings is 1. The van der Waals surface area contributed by atoms with Crippen LogP contribution in [0.25, 0.3) is 5.69 Å². The molecule has 1 aromatic carbocycles. The van der Waals surface area contributed by atoms with E-state index in [9.17, 15) is 18.0 Å². The molecule has 2 unspecified atom stereocenters. The molecule has 34 heavy (non-hydrogen) atoms. The number of anilines is 1. The molecule has 0 spiro atoms. The lowest BCUT2D eigenvalue weighted by atomic mass is 9.89. The van der Waals surface area contributed by atoms with Crippen molar-refractivity contribution in [1.82, 2.24) is 24.9 Å². The number of aromatic nitrogens is 4. The van der Waals surface area contributed by atoms with Gasteiger partial charge in [0.05, 0.1) is 23.0 Å². The normalized spacial score (nSPS) is 18.7. The molecule has 1 aliphatic rings. The van der Waals surface area contributed by atoms with Crippen molar-refractivity contribution in [3.8, 4) is 5.69 Å². The molecule has 1 aliphatic heterocycles. The van der Waals surface area contributed by atoms with Gasteiger partial charge in [0.2, 0.25) is 0 Å². The summed E-state index contributed by atoms with van der Waals surface area (Å²) in [6.45, 7) is 6.87. The first kappa shape index (κ1) is 23.7. The van der Waals surface area contributed by atoms with Crippen LogP contribution in [0.15, 0.2) is 42.6 Å². The van der Waals surface area contributed by atoms with E-state index in [4.69, 9.17) is 0 Å². The van der Waals surface area contributed by atoms with Crippen LogP contribution in [0.5, 0.6) is 0 Å². The summed E-state index contributed by atoms with van der Waals surface area (Å²) in [6, 6.07) is 9.60. The van der Waals surface area contributed by atoms with E-state index in [-0.39, 0.29) is 23.7 Å². The van der Waals surface area contributed by atoms with Crippen molar-refractivity contribution in [2.75, 3.05) is 18.4 Å². The van der Waals surface area contributed by atoms with Gasteiger partial charge in [-0.3, -0.25) is 4.79 Å². The largest absolute Gasteiger partial charge is 0.435 e. The number of likely N-dealkylation sites (tertiary alicyclic amines) is 1. The topological polar surface area (TPSA) is 75.9 Å². The molecule has 7 nitrogen and oxygen atoms in total. The molecule has 0 aliphatic carbocycles. The average molecular weight is 473 g/mol. The summed E-state index contributed by atoms with van der Waals surface area (Å²) in [7, 11) is 0. The summed E-state index contributed by atoms with van der Waals surface area (Å²) in [6.07, 6.45) is -0.872. The third-order valence-corrected chi connectivity index (χ3v) is 6.18. The van der Waals surface area contributed by atoms with E-state index >= 15 is 0 Å². The predicted octanol–water partition coefficient (Wildman–Crippen LogP) is 4.65. The number of aryl methyl sites for hydroxylation is 2. The van der Waals surface area contributed by atoms with Crippen LogP contribution in [-0.4, -0.2) is 49.9 Å². The minimum Gasteiger partial charge on any atom is -0.367 e. The zero-order valence-electron chi connectivity index (χ0n) is 19.3. The van der Waals surface area contributed by atoms with E-state index in [2.05, 4.69) is 27.5 Å². The summed E-state index contributed by atoms with van der Waals surface area (Å²) >= 11 is 0. The highest BCUT2D eigenvalue weighted by Crippen LogP contribution is 2.29. The van der Waals surface area contributed by atoms with Crippen molar-refractivity contribution in [2.45, 2.75) is 45.8 Å². The van der Waals surface area contributed by atoms with Gasteiger partial charge in [-0.2, -0.15) is 18.3 Å². The minimum atomic E-state index is -4.54. The standard InChI is InChI=1S/C24H27F3N6O/c1-15-6-7-19(33-12-10-17(3)31-33)18(13-15)23(34)32-11-4-5-16(2)20(32)14-28-22-9-8-21(29-30-22)24(25,26)27/h6-10,12-13,16,20H,4-5,11,14H2,1-3H3,(H,28,30). The Hall–Kier alpha value is -3.43. The van der Waals surface area contributed by atoms with Crippen molar-refractivity contribution in [1.29, 1.82) is 0 Å². The molecular formula is C24H27F3N6O. The maximum absolute atomic E-state index is 13.8. The lowest BCUT2D eigenvalue weighted by Gasteiger charge is -2.40. The van der Waals surface area contributed by atoms with Crippen LogP contribution in [0.4, 0.5) is 19.0 Å². The Kier molecular flexibility index (Phi) is 6.58. The van der Waals surface area contributed by atoms with E-state index in [1.165, 1.54) is 6.07 Å². The van der Waals surface area contributed by atoms with Crippen molar-refractivity contribution < 1.29 is 18.0 Å². The maximum atomic E-state index is 13.8. The molecule has 1 fully saturated rings. The first-order valence-corrected chi connectivity index (χ1v) is 11.2. The molecule has 2 aromatic heterocycles. The van der Waals surface area contributed by atoms with Crippen molar-refractivity contribution in [3.63, 3.8) is 0 Å². The van der Waals surface area contributed by atoms with E-state index in [1.54, 1.807) is 4.68 Å². The van der Waals surface area contributed by atoms with Gasteiger partial charge in [0.15, 0.2) is 5.69 Å². The number of rotatable bonds is 5. The van der Waals surface area contributed by atoms with Crippen LogP contribution in [0.2, 0.25) is 0 Å². The number of amides is 1. The number of nitrogens with one attached hydrogen (secondary N) is 1. The molecule has 1 saturated heterocycles. The Morgan fingerprint density at radius 2 is 1.94 bits per heavy atom. The Morgan fingerprint density at radius 1 is 1.15 bits per heavy atom. The molecule has 10 heteroatoms. The fraction of sp³-hybridized carbons (Fsp3) is 0.417. The molecule has 3 aromatic rings. The monoisotopic (exact) mass is 472 g/mol. The van der Waals surface area contributed by atoms with Gasteiger partial charge in [0, 0.05) is 19.3 Å². The third kappa shape index (κ3) is 5.05. The van der Waals surface area contributed by atoms with E-state index in [0.29, 0.717) is 24.3 Å². The van der Waals surface area contributed by atoms with Crippen LogP contribution < -0.4 is 5.32 Å². The summed E-state index contributed by atoms with van der Waals surface area (Å²) < 4.78 is 40.0. The van der Waals surface area contributed by atoms with Crippen molar-refractivity contribution >= 4 is 11.7 Å². The number of benzene rings is 1. The maximum Gasteiger partial charge on any atom is 0.435 e. The Bertz CT molecular complexity index is 1160. The zero-order valence-corrected chi connectivity index (χ0v) is 19.3. The van der Waals surface area contributed by atoms with Gasteiger partial charge < -0.3 is 10.2 Å². The molecule has 0 saturated carbocycles. The first-order valence-electron chi connectivity index (χ1n) is 11.2. The number of hydrogen-bond acceptors (Lipinski definition) is 5. The second-order valence-corrected chi connectivity index (χ2v) is 8.79. The number of alkyl halides is 3. The van der Waals surface area contributed by atoms with Crippen LogP contribution >= 0.6 is 0 Å². The van der Waals surface area contributed by atoms with Gasteiger partial charge in [-0.1, -0.05) is 18.6 Å². The fourth-order valence-corrected chi connectivity index (χ4v) is 4.32. The van der Waals surface area contributed by atoms with Crippen LogP contribution in [-0.2, 0) is 6.18 Å². The molecule has 2 atom stereocenters. The summed E-state index contributed by atoms with van der Waals surface area (Å²) in [5.41, 5.74) is 2.06. The van der Waals surface area contributed by atoms with Gasteiger partial charge in [-0.05, 0) is 62.9 Å². The molecular weight excluding hydrogens is 445 g/mol. The summed E-state index contributed by atoms with van der Waals surface area (Å²) in [5, 5.41) is 14.5. The number of nitrogens with zero attached hydrogens (tertiary/aromatic N) is 5. The van der Waals surface area contributed by atoms with Crippen LogP contribution in [0.1, 0.15) is 47.1 Å². The molecule has 3 heterocycles. The van der Waals surface area contributed by atoms with Crippen LogP contribution in [0, 0.1) is 19.8 Å². The molecule has 1 N–H and O–H groups in total. The third-order valence-electron chi connectivity index (χ3n) is 6.18. The second kappa shape index (κ2) is 9.44. The van der Waals surface area contributed by atoms with Gasteiger partial charge in [0.1, 0.15) is 5.82 Å². The van der Waals surface area contributed by atoms with Gasteiger partial charge in [-0.15, -0.1) is 10.2 Å². The SMILES string of the molecule is Cc1ccc(-n2ccc(C)n2)c(C(=O)N2CCCC(C)C2CNc2ccc(C(F)(F)F)nn2)c1. The zero-order chi connectivity index (χ0) is 24.5. The molecule has 0 radical (unpaired) electrons. The average Bonchev–Trinajstić information content (AvgIpc) is 3.23. The second-order valence-electron chi connectivity index (χ2n) is 8.79. The summed E-state index contributed by atoms with van der Waals surface area (Å²) in [5.74, 6) is 0.345. The van der Waals surface area contributed by atoms with E-state index in [0.717, 1.165) is 30.2 Å². The Morgan fingerprint density at radius 3 is 2.59 bits per heavy atom. The van der Waals surface area contributed by atoms with Gasteiger partial charge in [0.25, 0.3) is 5.91 Å². The lowest BCUT2D eigenvalue weighted by Crippen LogP contribution is -2.51. The highest BCUT2D eigenvalue weighted by molar-refractivity contribution is 5.98. The Balaban J connectivity index is 1.57. The molecule has 180 valence electrons. The number of carbonyl (C=O) groups is 1. The molecule has 4 rings (SSSR count). The van der Waals surface area contributed by atoms with Gasteiger partial charge in [-0.25, -0.2) is 4.68 Å². The minimum absolute atomic E-state index is 0.0938. The molecule has 1 amide bonds. The van der Waals surface area contributed by atoms with E-state index < -0.39 is 11.9 Å². The lowest BCUT2D eigenvalue weighted by molar-refractivity contribution is -0.141. The van der Waals surface area contributed by atoms with Crippen molar-refractivity contribution in [3.05, 3.63) is 65.1 Å². The number of carbonyl (C=O) groups excluding carboxylic acids is 1. The predicted molar refractivity (Wildman–Crippen MR) is 122 cm³/mol. The summed E-state index contributed by atoms with van der Waals surface area (Å²) in [4.78, 5) is 15.6. The van der Waals surface area contributed by atoms with E-state index in [1.807, 2.05) is 49.2 Å². The first-order chi connectivity index (χ1) is 16.1.